The standard InChI is InChI=1S/C24H25FN6O/c1-14-10-18-15(4-5-28-24(18)32)11-17(14)19-12-20(22(25)30-23(19)26)21-3-2-16(13-29-21)31-8-6-27-7-9-31/h2-3,10-13,27H,4-9H2,1H3,(H2,26,30)(H,28,32). The van der Waals surface area contributed by atoms with Gasteiger partial charge in [0.1, 0.15) is 5.82 Å². The Hall–Kier alpha value is -3.52. The topological polar surface area (TPSA) is 96.2 Å². The second-order valence-electron chi connectivity index (χ2n) is 8.23. The molecule has 2 aliphatic heterocycles. The normalized spacial score (nSPS) is 15.9. The van der Waals surface area contributed by atoms with Crippen molar-refractivity contribution in [3.63, 3.8) is 0 Å². The second kappa shape index (κ2) is 8.20. The molecule has 4 heterocycles. The third-order valence-corrected chi connectivity index (χ3v) is 6.18. The van der Waals surface area contributed by atoms with E-state index in [9.17, 15) is 9.18 Å². The van der Waals surface area contributed by atoms with Gasteiger partial charge >= 0.3 is 0 Å². The smallest absolute Gasteiger partial charge is 0.251 e. The molecule has 8 heteroatoms. The van der Waals surface area contributed by atoms with Gasteiger partial charge in [-0.3, -0.25) is 9.78 Å². The molecule has 0 aliphatic carbocycles. The lowest BCUT2D eigenvalue weighted by molar-refractivity contribution is 0.0946. The van der Waals surface area contributed by atoms with Crippen LogP contribution in [0.15, 0.2) is 36.5 Å². The summed E-state index contributed by atoms with van der Waals surface area (Å²) in [6.07, 6.45) is 2.52. The Kier molecular flexibility index (Phi) is 5.22. The van der Waals surface area contributed by atoms with Crippen molar-refractivity contribution in [1.82, 2.24) is 20.6 Å². The first kappa shape index (κ1) is 20.4. The Morgan fingerprint density at radius 3 is 2.59 bits per heavy atom. The van der Waals surface area contributed by atoms with E-state index >= 15 is 0 Å². The number of aryl methyl sites for hydroxylation is 1. The zero-order chi connectivity index (χ0) is 22.2. The number of nitrogens with two attached hydrogens (primary N) is 1. The molecule has 0 saturated carbocycles. The Bertz CT molecular complexity index is 1190. The summed E-state index contributed by atoms with van der Waals surface area (Å²) in [5.74, 6) is -0.601. The molecule has 32 heavy (non-hydrogen) atoms. The molecule has 1 fully saturated rings. The molecule has 0 bridgehead atoms. The molecule has 0 radical (unpaired) electrons. The van der Waals surface area contributed by atoms with Crippen LogP contribution < -0.4 is 21.3 Å². The predicted molar refractivity (Wildman–Crippen MR) is 123 cm³/mol. The van der Waals surface area contributed by atoms with E-state index in [4.69, 9.17) is 5.73 Å². The quantitative estimate of drug-likeness (QED) is 0.551. The van der Waals surface area contributed by atoms with E-state index in [2.05, 4.69) is 25.5 Å². The minimum atomic E-state index is -0.649. The molecule has 1 aromatic carbocycles. The number of nitrogens with one attached hydrogen (secondary N) is 2. The van der Waals surface area contributed by atoms with Crippen molar-refractivity contribution in [2.45, 2.75) is 13.3 Å². The highest BCUT2D eigenvalue weighted by molar-refractivity contribution is 5.98. The summed E-state index contributed by atoms with van der Waals surface area (Å²) in [5.41, 5.74) is 12.0. The van der Waals surface area contributed by atoms with Crippen molar-refractivity contribution < 1.29 is 9.18 Å². The monoisotopic (exact) mass is 432 g/mol. The van der Waals surface area contributed by atoms with Gasteiger partial charge in [0.25, 0.3) is 5.91 Å². The summed E-state index contributed by atoms with van der Waals surface area (Å²) in [4.78, 5) is 22.9. The van der Waals surface area contributed by atoms with Crippen molar-refractivity contribution in [2.24, 2.45) is 0 Å². The maximum Gasteiger partial charge on any atom is 0.251 e. The summed E-state index contributed by atoms with van der Waals surface area (Å²) in [6, 6.07) is 9.33. The molecule has 4 N–H and O–H groups in total. The van der Waals surface area contributed by atoms with E-state index in [1.54, 1.807) is 12.3 Å². The number of amides is 1. The van der Waals surface area contributed by atoms with Gasteiger partial charge in [0, 0.05) is 43.9 Å². The number of piperazine rings is 1. The Morgan fingerprint density at radius 1 is 1.03 bits per heavy atom. The van der Waals surface area contributed by atoms with Crippen molar-refractivity contribution in [2.75, 3.05) is 43.4 Å². The third kappa shape index (κ3) is 3.67. The lowest BCUT2D eigenvalue weighted by atomic mass is 9.91. The molecule has 164 valence electrons. The van der Waals surface area contributed by atoms with Crippen LogP contribution in [0.25, 0.3) is 22.4 Å². The number of carbonyl (C=O) groups excluding carboxylic acids is 1. The first-order valence-corrected chi connectivity index (χ1v) is 10.8. The highest BCUT2D eigenvalue weighted by Crippen LogP contribution is 2.35. The molecular formula is C24H25FN6O. The van der Waals surface area contributed by atoms with Gasteiger partial charge in [0.05, 0.1) is 23.1 Å². The number of hydrogen-bond donors (Lipinski definition) is 3. The van der Waals surface area contributed by atoms with Crippen molar-refractivity contribution in [3.8, 4) is 22.4 Å². The lowest BCUT2D eigenvalue weighted by Gasteiger charge is -2.29. The van der Waals surface area contributed by atoms with Crippen molar-refractivity contribution in [3.05, 3.63) is 59.2 Å². The molecule has 0 atom stereocenters. The average Bonchev–Trinajstić information content (AvgIpc) is 2.81. The van der Waals surface area contributed by atoms with Crippen molar-refractivity contribution >= 4 is 17.4 Å². The van der Waals surface area contributed by atoms with Gasteiger partial charge in [0.15, 0.2) is 0 Å². The van der Waals surface area contributed by atoms with Crippen LogP contribution in [0, 0.1) is 12.9 Å². The number of rotatable bonds is 3. The Balaban J connectivity index is 1.53. The van der Waals surface area contributed by atoms with Crippen LogP contribution in [-0.4, -0.2) is 48.6 Å². The summed E-state index contributed by atoms with van der Waals surface area (Å²) < 4.78 is 14.8. The first-order valence-electron chi connectivity index (χ1n) is 10.8. The number of halogens is 1. The number of benzene rings is 1. The number of pyridine rings is 2. The predicted octanol–water partition coefficient (Wildman–Crippen LogP) is 2.54. The van der Waals surface area contributed by atoms with Crippen LogP contribution in [0.2, 0.25) is 0 Å². The van der Waals surface area contributed by atoms with Gasteiger partial charge in [-0.25, -0.2) is 4.98 Å². The zero-order valence-electron chi connectivity index (χ0n) is 17.9. The maximum atomic E-state index is 14.8. The second-order valence-corrected chi connectivity index (χ2v) is 8.23. The molecule has 1 amide bonds. The fraction of sp³-hybridized carbons (Fsp3) is 0.292. The first-order chi connectivity index (χ1) is 15.5. The zero-order valence-corrected chi connectivity index (χ0v) is 17.9. The Labute approximate surface area is 185 Å². The highest BCUT2D eigenvalue weighted by atomic mass is 19.1. The molecule has 5 rings (SSSR count). The Morgan fingerprint density at radius 2 is 1.84 bits per heavy atom. The molecular weight excluding hydrogens is 407 g/mol. The van der Waals surface area contributed by atoms with E-state index in [-0.39, 0.29) is 11.7 Å². The average molecular weight is 433 g/mol. The number of hydrogen-bond acceptors (Lipinski definition) is 6. The van der Waals surface area contributed by atoms with E-state index in [0.717, 1.165) is 55.0 Å². The molecule has 2 aromatic heterocycles. The summed E-state index contributed by atoms with van der Waals surface area (Å²) in [6.45, 7) is 6.21. The van der Waals surface area contributed by atoms with Crippen LogP contribution in [-0.2, 0) is 6.42 Å². The minimum absolute atomic E-state index is 0.0689. The van der Waals surface area contributed by atoms with Crippen LogP contribution >= 0.6 is 0 Å². The summed E-state index contributed by atoms with van der Waals surface area (Å²) >= 11 is 0. The van der Waals surface area contributed by atoms with Gasteiger partial charge in [-0.05, 0) is 60.4 Å². The fourth-order valence-electron chi connectivity index (χ4n) is 4.42. The number of nitrogen functional groups attached to an aromatic ring is 1. The van der Waals surface area contributed by atoms with Gasteiger partial charge in [-0.15, -0.1) is 0 Å². The van der Waals surface area contributed by atoms with Crippen LogP contribution in [0.1, 0.15) is 21.5 Å². The van der Waals surface area contributed by atoms with E-state index in [0.29, 0.717) is 28.9 Å². The minimum Gasteiger partial charge on any atom is -0.383 e. The van der Waals surface area contributed by atoms with Gasteiger partial charge in [-0.1, -0.05) is 0 Å². The van der Waals surface area contributed by atoms with Crippen LogP contribution in [0.5, 0.6) is 0 Å². The highest BCUT2D eigenvalue weighted by Gasteiger charge is 2.21. The van der Waals surface area contributed by atoms with E-state index in [1.807, 2.05) is 31.2 Å². The third-order valence-electron chi connectivity index (χ3n) is 6.18. The van der Waals surface area contributed by atoms with Gasteiger partial charge in [0.2, 0.25) is 5.95 Å². The number of aromatic nitrogens is 2. The van der Waals surface area contributed by atoms with Gasteiger partial charge in [-0.2, -0.15) is 4.39 Å². The maximum absolute atomic E-state index is 14.8. The van der Waals surface area contributed by atoms with E-state index < -0.39 is 5.95 Å². The lowest BCUT2D eigenvalue weighted by Crippen LogP contribution is -2.43. The molecule has 2 aliphatic rings. The number of nitrogens with zero attached hydrogens (tertiary/aromatic N) is 3. The fourth-order valence-corrected chi connectivity index (χ4v) is 4.42. The number of anilines is 2. The van der Waals surface area contributed by atoms with Crippen LogP contribution in [0.4, 0.5) is 15.9 Å². The van der Waals surface area contributed by atoms with Gasteiger partial charge < -0.3 is 21.3 Å². The summed E-state index contributed by atoms with van der Waals surface area (Å²) in [5, 5.41) is 6.19. The number of fused-ring (bicyclic) bond motifs is 1. The molecule has 0 unspecified atom stereocenters. The molecule has 3 aromatic rings. The number of carbonyl (C=O) groups is 1. The largest absolute Gasteiger partial charge is 0.383 e. The van der Waals surface area contributed by atoms with Crippen molar-refractivity contribution in [1.29, 1.82) is 0 Å². The molecule has 7 nitrogen and oxygen atoms in total. The SMILES string of the molecule is Cc1cc2c(cc1-c1cc(-c3ccc(N4CCNCC4)cn3)c(F)nc1N)CCNC2=O. The molecule has 0 spiro atoms. The molecule has 1 saturated heterocycles. The summed E-state index contributed by atoms with van der Waals surface area (Å²) in [7, 11) is 0. The van der Waals surface area contributed by atoms with Crippen LogP contribution in [0.3, 0.4) is 0 Å². The van der Waals surface area contributed by atoms with E-state index in [1.165, 1.54) is 0 Å².